The van der Waals surface area contributed by atoms with Crippen LogP contribution < -0.4 is 4.74 Å². The molecule has 0 aliphatic heterocycles. The molecule has 0 saturated heterocycles. The monoisotopic (exact) mass is 226 g/mol. The lowest BCUT2D eigenvalue weighted by Crippen LogP contribution is -1.82. The molecule has 3 aromatic rings. The number of hydrogen-bond donors (Lipinski definition) is 0. The molecule has 3 rings (SSSR count). The highest BCUT2D eigenvalue weighted by Crippen LogP contribution is 2.41. The Balaban J connectivity index is 2.57. The zero-order chi connectivity index (χ0) is 11.0. The summed E-state index contributed by atoms with van der Waals surface area (Å²) in [4.78, 5) is 0. The van der Waals surface area contributed by atoms with Gasteiger partial charge in [0.1, 0.15) is 0 Å². The van der Waals surface area contributed by atoms with E-state index >= 15 is 0 Å². The summed E-state index contributed by atoms with van der Waals surface area (Å²) >= 11 is 0. The van der Waals surface area contributed by atoms with Gasteiger partial charge in [-0.1, -0.05) is 42.5 Å². The Kier molecular flexibility index (Phi) is 2.27. The van der Waals surface area contributed by atoms with Crippen molar-refractivity contribution in [3.05, 3.63) is 48.5 Å². The molecule has 0 radical (unpaired) electrons. The van der Waals surface area contributed by atoms with E-state index in [2.05, 4.69) is 48.5 Å². The number of methoxy groups -OCH3 is 1. The largest absolute Gasteiger partial charge is 0.492 e. The van der Waals surface area contributed by atoms with Crippen LogP contribution in [0.1, 0.15) is 0 Å². The Hall–Kier alpha value is -1.59. The first-order chi connectivity index (χ1) is 7.90. The molecular formula is C14H11OP. The maximum Gasteiger partial charge on any atom is 0.153 e. The number of benzene rings is 2. The Morgan fingerprint density at radius 2 is 1.44 bits per heavy atom. The van der Waals surface area contributed by atoms with Gasteiger partial charge in [0.05, 0.1) is 7.11 Å². The van der Waals surface area contributed by atoms with E-state index in [-0.39, 0.29) is 0 Å². The summed E-state index contributed by atoms with van der Waals surface area (Å²) in [6.45, 7) is 0. The van der Waals surface area contributed by atoms with Crippen molar-refractivity contribution >= 4 is 29.5 Å². The minimum atomic E-state index is 1.04. The highest BCUT2D eigenvalue weighted by atomic mass is 31.0. The number of hydrogen-bond acceptors (Lipinski definition) is 1. The van der Waals surface area contributed by atoms with Gasteiger partial charge in [-0.15, -0.1) is 0 Å². The fraction of sp³-hybridized carbons (Fsp3) is 0.0714. The molecule has 0 N–H and O–H groups in total. The quantitative estimate of drug-likeness (QED) is 0.552. The maximum atomic E-state index is 5.48. The molecule has 0 spiro atoms. The van der Waals surface area contributed by atoms with Gasteiger partial charge in [0.2, 0.25) is 0 Å². The van der Waals surface area contributed by atoms with E-state index in [0.29, 0.717) is 0 Å². The molecule has 0 fully saturated rings. The first kappa shape index (κ1) is 9.62. The van der Waals surface area contributed by atoms with Crippen LogP contribution in [0.4, 0.5) is 0 Å². The normalized spacial score (nSPS) is 11.3. The van der Waals surface area contributed by atoms with Crippen LogP contribution in [0.25, 0.3) is 21.3 Å². The molecule has 0 saturated carbocycles. The summed E-state index contributed by atoms with van der Waals surface area (Å²) in [6, 6.07) is 16.9. The molecular weight excluding hydrogens is 215 g/mol. The van der Waals surface area contributed by atoms with Gasteiger partial charge in [0.25, 0.3) is 0 Å². The third kappa shape index (κ3) is 1.36. The Labute approximate surface area is 95.8 Å². The summed E-state index contributed by atoms with van der Waals surface area (Å²) in [7, 11) is 2.90. The zero-order valence-electron chi connectivity index (χ0n) is 8.97. The van der Waals surface area contributed by atoms with Gasteiger partial charge in [0, 0.05) is 10.5 Å². The van der Waals surface area contributed by atoms with E-state index in [0.717, 1.165) is 13.7 Å². The molecule has 2 heteroatoms. The average molecular weight is 226 g/mol. The van der Waals surface area contributed by atoms with E-state index < -0.39 is 0 Å². The molecule has 16 heavy (non-hydrogen) atoms. The van der Waals surface area contributed by atoms with Crippen LogP contribution in [0.2, 0.25) is 0 Å². The lowest BCUT2D eigenvalue weighted by atomic mass is 10.1. The van der Waals surface area contributed by atoms with Crippen LogP contribution in [0, 0.1) is 0 Å². The standard InChI is InChI=1S/C14H11OP/c1-15-14-12-8-3-2-6-10(12)11-7-4-5-9-13(11)16-14/h2-9H,1H3. The Morgan fingerprint density at radius 1 is 0.812 bits per heavy atom. The topological polar surface area (TPSA) is 9.23 Å². The smallest absolute Gasteiger partial charge is 0.153 e. The first-order valence-corrected chi connectivity index (χ1v) is 6.11. The molecule has 0 aliphatic carbocycles. The third-order valence-corrected chi connectivity index (χ3v) is 4.02. The summed E-state index contributed by atoms with van der Waals surface area (Å²) in [5.41, 5.74) is 1.04. The molecule has 1 aromatic heterocycles. The molecule has 1 nitrogen and oxygen atoms in total. The van der Waals surface area contributed by atoms with Crippen LogP contribution in [0.5, 0.6) is 5.48 Å². The van der Waals surface area contributed by atoms with Gasteiger partial charge in [0.15, 0.2) is 5.48 Å². The fourth-order valence-corrected chi connectivity index (χ4v) is 3.13. The fourth-order valence-electron chi connectivity index (χ4n) is 2.03. The average Bonchev–Trinajstić information content (AvgIpc) is 2.38. The Bertz CT molecular complexity index is 661. The van der Waals surface area contributed by atoms with Crippen molar-refractivity contribution < 1.29 is 4.74 Å². The van der Waals surface area contributed by atoms with Gasteiger partial charge < -0.3 is 4.74 Å². The van der Waals surface area contributed by atoms with E-state index in [9.17, 15) is 0 Å². The van der Waals surface area contributed by atoms with Crippen molar-refractivity contribution in [2.24, 2.45) is 0 Å². The number of rotatable bonds is 1. The molecule has 0 bridgehead atoms. The van der Waals surface area contributed by atoms with Crippen molar-refractivity contribution in [1.82, 2.24) is 0 Å². The summed E-state index contributed by atoms with van der Waals surface area (Å²) in [6.07, 6.45) is 0. The molecule has 2 aromatic carbocycles. The van der Waals surface area contributed by atoms with Crippen LogP contribution >= 0.6 is 8.19 Å². The van der Waals surface area contributed by atoms with Crippen molar-refractivity contribution in [1.29, 1.82) is 0 Å². The molecule has 78 valence electrons. The molecule has 0 aliphatic rings. The van der Waals surface area contributed by atoms with Crippen LogP contribution in [-0.4, -0.2) is 7.11 Å². The predicted molar refractivity (Wildman–Crippen MR) is 70.5 cm³/mol. The second kappa shape index (κ2) is 3.77. The highest BCUT2D eigenvalue weighted by molar-refractivity contribution is 7.39. The SMILES string of the molecule is COc1pc2ccccc2c2ccccc12. The maximum absolute atomic E-state index is 5.48. The van der Waals surface area contributed by atoms with Crippen molar-refractivity contribution in [2.75, 3.05) is 7.11 Å². The van der Waals surface area contributed by atoms with E-state index in [4.69, 9.17) is 4.74 Å². The van der Waals surface area contributed by atoms with Gasteiger partial charge >= 0.3 is 0 Å². The Morgan fingerprint density at radius 3 is 2.19 bits per heavy atom. The minimum absolute atomic E-state index is 1.04. The van der Waals surface area contributed by atoms with Gasteiger partial charge in [-0.2, -0.15) is 0 Å². The van der Waals surface area contributed by atoms with E-state index in [1.54, 1.807) is 7.11 Å². The highest BCUT2D eigenvalue weighted by Gasteiger charge is 2.05. The third-order valence-electron chi connectivity index (χ3n) is 2.77. The minimum Gasteiger partial charge on any atom is -0.492 e. The van der Waals surface area contributed by atoms with Crippen LogP contribution in [0.15, 0.2) is 48.5 Å². The lowest BCUT2D eigenvalue weighted by Gasteiger charge is -2.08. The number of fused-ring (bicyclic) bond motifs is 3. The zero-order valence-corrected chi connectivity index (χ0v) is 9.87. The number of ether oxygens (including phenoxy) is 1. The lowest BCUT2D eigenvalue weighted by molar-refractivity contribution is 0.431. The summed E-state index contributed by atoms with van der Waals surface area (Å²) in [5.74, 6) is 0. The van der Waals surface area contributed by atoms with Crippen molar-refractivity contribution in [2.45, 2.75) is 0 Å². The van der Waals surface area contributed by atoms with Gasteiger partial charge in [-0.3, -0.25) is 0 Å². The molecule has 0 amide bonds. The molecule has 1 heterocycles. The van der Waals surface area contributed by atoms with Crippen LogP contribution in [0.3, 0.4) is 0 Å². The first-order valence-electron chi connectivity index (χ1n) is 5.21. The van der Waals surface area contributed by atoms with E-state index in [1.165, 1.54) is 21.3 Å². The van der Waals surface area contributed by atoms with Crippen LogP contribution in [-0.2, 0) is 0 Å². The van der Waals surface area contributed by atoms with Gasteiger partial charge in [-0.05, 0) is 25.0 Å². The second-order valence-corrected chi connectivity index (χ2v) is 4.80. The van der Waals surface area contributed by atoms with Crippen molar-refractivity contribution in [3.63, 3.8) is 0 Å². The van der Waals surface area contributed by atoms with E-state index in [1.807, 2.05) is 0 Å². The molecule has 0 unspecified atom stereocenters. The predicted octanol–water partition coefficient (Wildman–Crippen LogP) is 4.58. The molecule has 0 atom stereocenters. The summed E-state index contributed by atoms with van der Waals surface area (Å²) in [5, 5.41) is 5.12. The van der Waals surface area contributed by atoms with Gasteiger partial charge in [-0.25, -0.2) is 0 Å². The summed E-state index contributed by atoms with van der Waals surface area (Å²) < 4.78 is 5.48. The van der Waals surface area contributed by atoms with Crippen molar-refractivity contribution in [3.8, 4) is 5.48 Å². The second-order valence-electron chi connectivity index (χ2n) is 3.68.